The van der Waals surface area contributed by atoms with Crippen LogP contribution in [-0.4, -0.2) is 4.98 Å². The SMILES string of the molecule is Brc1csc(CNCc2cccc3cccnc23)c1. The van der Waals surface area contributed by atoms with Gasteiger partial charge < -0.3 is 5.32 Å². The number of halogens is 1. The van der Waals surface area contributed by atoms with Gasteiger partial charge in [-0.05, 0) is 33.6 Å². The van der Waals surface area contributed by atoms with Gasteiger partial charge in [0.2, 0.25) is 0 Å². The van der Waals surface area contributed by atoms with E-state index in [4.69, 9.17) is 0 Å². The lowest BCUT2D eigenvalue weighted by molar-refractivity contribution is 0.703. The molecule has 96 valence electrons. The second-order valence-corrected chi connectivity index (χ2v) is 6.24. The van der Waals surface area contributed by atoms with Crippen LogP contribution in [0.1, 0.15) is 10.4 Å². The van der Waals surface area contributed by atoms with E-state index in [0.29, 0.717) is 0 Å². The summed E-state index contributed by atoms with van der Waals surface area (Å²) in [7, 11) is 0. The molecule has 0 unspecified atom stereocenters. The number of fused-ring (bicyclic) bond motifs is 1. The number of thiophene rings is 1. The lowest BCUT2D eigenvalue weighted by Crippen LogP contribution is -2.12. The van der Waals surface area contributed by atoms with Crippen LogP contribution in [0.25, 0.3) is 10.9 Å². The molecular formula is C15H13BrN2S. The molecule has 0 amide bonds. The van der Waals surface area contributed by atoms with E-state index in [0.717, 1.165) is 23.1 Å². The van der Waals surface area contributed by atoms with Crippen LogP contribution in [0, 0.1) is 0 Å². The van der Waals surface area contributed by atoms with Crippen LogP contribution in [0.5, 0.6) is 0 Å². The number of hydrogen-bond acceptors (Lipinski definition) is 3. The Hall–Kier alpha value is -1.23. The van der Waals surface area contributed by atoms with Crippen LogP contribution in [0.15, 0.2) is 52.4 Å². The summed E-state index contributed by atoms with van der Waals surface area (Å²) in [5.74, 6) is 0. The molecule has 0 saturated carbocycles. The summed E-state index contributed by atoms with van der Waals surface area (Å²) in [6.45, 7) is 1.73. The van der Waals surface area contributed by atoms with Crippen LogP contribution in [-0.2, 0) is 13.1 Å². The van der Waals surface area contributed by atoms with E-state index in [-0.39, 0.29) is 0 Å². The van der Waals surface area contributed by atoms with Gasteiger partial charge in [0, 0.05) is 39.4 Å². The molecule has 0 atom stereocenters. The van der Waals surface area contributed by atoms with Gasteiger partial charge in [-0.25, -0.2) is 0 Å². The zero-order valence-corrected chi connectivity index (χ0v) is 12.7. The number of rotatable bonds is 4. The molecule has 0 fully saturated rings. The zero-order valence-electron chi connectivity index (χ0n) is 10.3. The molecule has 2 nitrogen and oxygen atoms in total. The van der Waals surface area contributed by atoms with Crippen molar-refractivity contribution in [1.82, 2.24) is 10.3 Å². The lowest BCUT2D eigenvalue weighted by atomic mass is 10.1. The van der Waals surface area contributed by atoms with Crippen molar-refractivity contribution in [3.63, 3.8) is 0 Å². The van der Waals surface area contributed by atoms with Gasteiger partial charge in [0.25, 0.3) is 0 Å². The minimum atomic E-state index is 0.837. The second-order valence-electron chi connectivity index (χ2n) is 4.33. The first kappa shape index (κ1) is 12.8. The fourth-order valence-electron chi connectivity index (χ4n) is 2.08. The van der Waals surface area contributed by atoms with Gasteiger partial charge in [-0.3, -0.25) is 4.98 Å². The molecule has 0 aliphatic carbocycles. The first-order valence-corrected chi connectivity index (χ1v) is 7.76. The Bertz CT molecular complexity index is 688. The van der Waals surface area contributed by atoms with Gasteiger partial charge in [0.1, 0.15) is 0 Å². The topological polar surface area (TPSA) is 24.9 Å². The third-order valence-corrected chi connectivity index (χ3v) is 4.65. The van der Waals surface area contributed by atoms with Crippen LogP contribution in [0.4, 0.5) is 0 Å². The molecule has 2 aromatic heterocycles. The molecule has 4 heteroatoms. The minimum Gasteiger partial charge on any atom is -0.308 e. The smallest absolute Gasteiger partial charge is 0.0746 e. The predicted octanol–water partition coefficient (Wildman–Crippen LogP) is 4.35. The van der Waals surface area contributed by atoms with Gasteiger partial charge in [0.05, 0.1) is 5.52 Å². The van der Waals surface area contributed by atoms with Gasteiger partial charge in [-0.15, -0.1) is 11.3 Å². The molecule has 0 saturated heterocycles. The highest BCUT2D eigenvalue weighted by Crippen LogP contribution is 2.20. The molecule has 0 aliphatic rings. The van der Waals surface area contributed by atoms with Crippen LogP contribution < -0.4 is 5.32 Å². The van der Waals surface area contributed by atoms with Crippen molar-refractivity contribution in [1.29, 1.82) is 0 Å². The summed E-state index contributed by atoms with van der Waals surface area (Å²) in [5.41, 5.74) is 2.33. The van der Waals surface area contributed by atoms with E-state index >= 15 is 0 Å². The van der Waals surface area contributed by atoms with Crippen molar-refractivity contribution >= 4 is 38.2 Å². The average Bonchev–Trinajstić information content (AvgIpc) is 2.85. The molecular weight excluding hydrogens is 320 g/mol. The fourth-order valence-corrected chi connectivity index (χ4v) is 3.50. The number of nitrogens with zero attached hydrogens (tertiary/aromatic N) is 1. The van der Waals surface area contributed by atoms with E-state index in [2.05, 4.69) is 61.9 Å². The Morgan fingerprint density at radius 3 is 2.89 bits per heavy atom. The maximum absolute atomic E-state index is 4.47. The number of para-hydroxylation sites is 1. The van der Waals surface area contributed by atoms with Gasteiger partial charge in [-0.1, -0.05) is 24.3 Å². The molecule has 0 bridgehead atoms. The average molecular weight is 333 g/mol. The maximum atomic E-state index is 4.47. The van der Waals surface area contributed by atoms with Crippen molar-refractivity contribution in [3.05, 3.63) is 62.9 Å². The zero-order chi connectivity index (χ0) is 13.1. The van der Waals surface area contributed by atoms with Crippen molar-refractivity contribution in [2.75, 3.05) is 0 Å². The van der Waals surface area contributed by atoms with Crippen LogP contribution >= 0.6 is 27.3 Å². The van der Waals surface area contributed by atoms with Crippen LogP contribution in [0.3, 0.4) is 0 Å². The Morgan fingerprint density at radius 2 is 2.05 bits per heavy atom. The summed E-state index contributed by atoms with van der Waals surface area (Å²) >= 11 is 5.24. The molecule has 2 heterocycles. The molecule has 3 rings (SSSR count). The van der Waals surface area contributed by atoms with E-state index in [1.54, 1.807) is 11.3 Å². The molecule has 3 aromatic rings. The van der Waals surface area contributed by atoms with E-state index < -0.39 is 0 Å². The monoisotopic (exact) mass is 332 g/mol. The number of aromatic nitrogens is 1. The Balaban J connectivity index is 1.71. The molecule has 0 aliphatic heterocycles. The van der Waals surface area contributed by atoms with Crippen molar-refractivity contribution in [2.24, 2.45) is 0 Å². The van der Waals surface area contributed by atoms with Crippen molar-refractivity contribution in [3.8, 4) is 0 Å². The highest BCUT2D eigenvalue weighted by atomic mass is 79.9. The Kier molecular flexibility index (Phi) is 3.92. The quantitative estimate of drug-likeness (QED) is 0.768. The molecule has 0 radical (unpaired) electrons. The fraction of sp³-hybridized carbons (Fsp3) is 0.133. The van der Waals surface area contributed by atoms with E-state index in [1.807, 2.05) is 12.3 Å². The summed E-state index contributed by atoms with van der Waals surface area (Å²) in [4.78, 5) is 5.80. The lowest BCUT2D eigenvalue weighted by Gasteiger charge is -2.06. The van der Waals surface area contributed by atoms with Gasteiger partial charge in [-0.2, -0.15) is 0 Å². The Labute approximate surface area is 124 Å². The highest BCUT2D eigenvalue weighted by molar-refractivity contribution is 9.10. The second kappa shape index (κ2) is 5.82. The van der Waals surface area contributed by atoms with Crippen LogP contribution in [0.2, 0.25) is 0 Å². The van der Waals surface area contributed by atoms with E-state index in [9.17, 15) is 0 Å². The Morgan fingerprint density at radius 1 is 1.16 bits per heavy atom. The third kappa shape index (κ3) is 3.03. The van der Waals surface area contributed by atoms with Crippen molar-refractivity contribution in [2.45, 2.75) is 13.1 Å². The maximum Gasteiger partial charge on any atom is 0.0746 e. The number of hydrogen-bond donors (Lipinski definition) is 1. The first-order valence-electron chi connectivity index (χ1n) is 6.09. The summed E-state index contributed by atoms with van der Waals surface area (Å²) in [5, 5.41) is 6.78. The summed E-state index contributed by atoms with van der Waals surface area (Å²) in [6.07, 6.45) is 1.85. The number of benzene rings is 1. The van der Waals surface area contributed by atoms with E-state index in [1.165, 1.54) is 15.8 Å². The number of nitrogens with one attached hydrogen (secondary N) is 1. The molecule has 1 aromatic carbocycles. The predicted molar refractivity (Wildman–Crippen MR) is 84.3 cm³/mol. The van der Waals surface area contributed by atoms with Crippen molar-refractivity contribution < 1.29 is 0 Å². The highest BCUT2D eigenvalue weighted by Gasteiger charge is 2.02. The molecule has 1 N–H and O–H groups in total. The van der Waals surface area contributed by atoms with Gasteiger partial charge >= 0.3 is 0 Å². The third-order valence-electron chi connectivity index (χ3n) is 2.95. The van der Waals surface area contributed by atoms with Gasteiger partial charge in [0.15, 0.2) is 0 Å². The largest absolute Gasteiger partial charge is 0.308 e. The molecule has 0 spiro atoms. The summed E-state index contributed by atoms with van der Waals surface area (Å²) in [6, 6.07) is 12.5. The molecule has 19 heavy (non-hydrogen) atoms. The minimum absolute atomic E-state index is 0.837. The standard InChI is InChI=1S/C15H13BrN2S/c16-13-7-14(19-10-13)9-17-8-12-4-1-3-11-5-2-6-18-15(11)12/h1-7,10,17H,8-9H2. The normalized spacial score (nSPS) is 11.0. The summed E-state index contributed by atoms with van der Waals surface area (Å²) < 4.78 is 1.15. The first-order chi connectivity index (χ1) is 9.33. The number of pyridine rings is 1.